The van der Waals surface area contributed by atoms with Gasteiger partial charge in [0.05, 0.1) is 18.6 Å². The number of benzene rings is 1. The van der Waals surface area contributed by atoms with Crippen LogP contribution in [-0.4, -0.2) is 18.6 Å². The van der Waals surface area contributed by atoms with Gasteiger partial charge in [-0.1, -0.05) is 6.07 Å². The first kappa shape index (κ1) is 14.1. The molecule has 0 aromatic heterocycles. The molecular formula is C14H22F2N+. The van der Waals surface area contributed by atoms with Gasteiger partial charge in [0.25, 0.3) is 0 Å². The molecule has 0 spiro atoms. The van der Waals surface area contributed by atoms with E-state index in [1.807, 2.05) is 0 Å². The maximum atomic E-state index is 13.5. The SMILES string of the molecule is CC[NH+](CCc1ccc(F)cc1F)C(C)(C)C. The van der Waals surface area contributed by atoms with Crippen molar-refractivity contribution in [2.75, 3.05) is 13.1 Å². The third kappa shape index (κ3) is 4.08. The Hall–Kier alpha value is -0.960. The summed E-state index contributed by atoms with van der Waals surface area (Å²) in [5.41, 5.74) is 0.757. The molecule has 0 saturated heterocycles. The summed E-state index contributed by atoms with van der Waals surface area (Å²) in [4.78, 5) is 1.42. The first-order valence-electron chi connectivity index (χ1n) is 6.13. The predicted molar refractivity (Wildman–Crippen MR) is 66.2 cm³/mol. The molecule has 1 nitrogen and oxygen atoms in total. The highest BCUT2D eigenvalue weighted by atomic mass is 19.1. The number of likely N-dealkylation sites (N-methyl/N-ethyl adjacent to an activating group) is 1. The van der Waals surface area contributed by atoms with E-state index in [0.29, 0.717) is 12.0 Å². The van der Waals surface area contributed by atoms with Crippen LogP contribution in [-0.2, 0) is 6.42 Å². The number of quaternary nitrogens is 1. The van der Waals surface area contributed by atoms with Gasteiger partial charge in [-0.2, -0.15) is 0 Å². The standard InChI is InChI=1S/C14H21F2N/c1-5-17(14(2,3)4)9-8-11-6-7-12(15)10-13(11)16/h6-7,10H,5,8-9H2,1-4H3/p+1. The molecule has 3 heteroatoms. The lowest BCUT2D eigenvalue weighted by Gasteiger charge is -2.31. The van der Waals surface area contributed by atoms with E-state index >= 15 is 0 Å². The van der Waals surface area contributed by atoms with Gasteiger partial charge >= 0.3 is 0 Å². The molecule has 1 aromatic carbocycles. The van der Waals surface area contributed by atoms with Gasteiger partial charge in [-0.15, -0.1) is 0 Å². The Kier molecular flexibility index (Phi) is 4.63. The number of hydrogen-bond donors (Lipinski definition) is 1. The van der Waals surface area contributed by atoms with Crippen molar-refractivity contribution in [1.82, 2.24) is 0 Å². The molecule has 1 atom stereocenters. The number of halogens is 2. The van der Waals surface area contributed by atoms with E-state index in [9.17, 15) is 8.78 Å². The van der Waals surface area contributed by atoms with Gasteiger partial charge < -0.3 is 4.90 Å². The van der Waals surface area contributed by atoms with E-state index in [-0.39, 0.29) is 5.54 Å². The van der Waals surface area contributed by atoms with Crippen molar-refractivity contribution in [3.63, 3.8) is 0 Å². The van der Waals surface area contributed by atoms with E-state index in [4.69, 9.17) is 0 Å². The highest BCUT2D eigenvalue weighted by Crippen LogP contribution is 2.09. The molecule has 0 heterocycles. The summed E-state index contributed by atoms with van der Waals surface area (Å²) >= 11 is 0. The summed E-state index contributed by atoms with van der Waals surface area (Å²) < 4.78 is 26.2. The van der Waals surface area contributed by atoms with Crippen molar-refractivity contribution in [1.29, 1.82) is 0 Å². The Balaban J connectivity index is 2.66. The first-order chi connectivity index (χ1) is 7.84. The normalized spacial score (nSPS) is 13.8. The maximum absolute atomic E-state index is 13.5. The molecule has 0 saturated carbocycles. The van der Waals surface area contributed by atoms with Gasteiger partial charge in [0, 0.05) is 12.5 Å². The smallest absolute Gasteiger partial charge is 0.129 e. The molecular weight excluding hydrogens is 220 g/mol. The Bertz CT molecular complexity index is 369. The maximum Gasteiger partial charge on any atom is 0.129 e. The van der Waals surface area contributed by atoms with Crippen molar-refractivity contribution in [3.8, 4) is 0 Å². The molecule has 0 amide bonds. The molecule has 1 aromatic rings. The van der Waals surface area contributed by atoms with E-state index in [1.54, 1.807) is 6.07 Å². The fourth-order valence-electron chi connectivity index (χ4n) is 2.09. The highest BCUT2D eigenvalue weighted by molar-refractivity contribution is 5.18. The summed E-state index contributed by atoms with van der Waals surface area (Å²) in [5, 5.41) is 0. The molecule has 0 radical (unpaired) electrons. The lowest BCUT2D eigenvalue weighted by molar-refractivity contribution is -0.944. The predicted octanol–water partition coefficient (Wildman–Crippen LogP) is 2.21. The fourth-order valence-corrected chi connectivity index (χ4v) is 2.09. The van der Waals surface area contributed by atoms with Crippen LogP contribution in [0.4, 0.5) is 8.78 Å². The summed E-state index contributed by atoms with van der Waals surface area (Å²) in [6.07, 6.45) is 0.645. The van der Waals surface area contributed by atoms with Crippen LogP contribution in [0.5, 0.6) is 0 Å². The Morgan fingerprint density at radius 1 is 1.18 bits per heavy atom. The summed E-state index contributed by atoms with van der Waals surface area (Å²) in [6, 6.07) is 3.82. The number of hydrogen-bond acceptors (Lipinski definition) is 0. The molecule has 0 aliphatic rings. The molecule has 1 unspecified atom stereocenters. The highest BCUT2D eigenvalue weighted by Gasteiger charge is 2.23. The minimum absolute atomic E-state index is 0.158. The van der Waals surface area contributed by atoms with Crippen LogP contribution in [0.25, 0.3) is 0 Å². The molecule has 1 rings (SSSR count). The van der Waals surface area contributed by atoms with Crippen molar-refractivity contribution >= 4 is 0 Å². The average Bonchev–Trinajstić information content (AvgIpc) is 2.19. The van der Waals surface area contributed by atoms with Gasteiger partial charge in [0.2, 0.25) is 0 Å². The minimum Gasteiger partial charge on any atom is -0.331 e. The Morgan fingerprint density at radius 2 is 1.82 bits per heavy atom. The third-order valence-corrected chi connectivity index (χ3v) is 3.20. The van der Waals surface area contributed by atoms with Crippen LogP contribution in [0.3, 0.4) is 0 Å². The summed E-state index contributed by atoms with van der Waals surface area (Å²) in [6.45, 7) is 10.5. The zero-order valence-electron chi connectivity index (χ0n) is 11.1. The van der Waals surface area contributed by atoms with Crippen molar-refractivity contribution in [2.24, 2.45) is 0 Å². The molecule has 96 valence electrons. The summed E-state index contributed by atoms with van der Waals surface area (Å²) in [5.74, 6) is -0.948. The zero-order chi connectivity index (χ0) is 13.1. The van der Waals surface area contributed by atoms with Gasteiger partial charge in [0.1, 0.15) is 11.6 Å². The quantitative estimate of drug-likeness (QED) is 0.825. The van der Waals surface area contributed by atoms with Crippen molar-refractivity contribution in [3.05, 3.63) is 35.4 Å². The minimum atomic E-state index is -0.512. The van der Waals surface area contributed by atoms with E-state index < -0.39 is 11.6 Å². The Morgan fingerprint density at radius 3 is 2.29 bits per heavy atom. The van der Waals surface area contributed by atoms with Gasteiger partial charge in [-0.3, -0.25) is 0 Å². The van der Waals surface area contributed by atoms with Crippen molar-refractivity contribution in [2.45, 2.75) is 39.7 Å². The molecule has 0 fully saturated rings. The largest absolute Gasteiger partial charge is 0.331 e. The second-order valence-electron chi connectivity index (χ2n) is 5.44. The molecule has 0 aliphatic carbocycles. The molecule has 17 heavy (non-hydrogen) atoms. The van der Waals surface area contributed by atoms with Crippen LogP contribution in [0.1, 0.15) is 33.3 Å². The number of nitrogens with one attached hydrogen (secondary N) is 1. The monoisotopic (exact) mass is 242 g/mol. The topological polar surface area (TPSA) is 4.44 Å². The zero-order valence-corrected chi connectivity index (χ0v) is 11.1. The second kappa shape index (κ2) is 5.58. The van der Waals surface area contributed by atoms with Crippen LogP contribution in [0.2, 0.25) is 0 Å². The molecule has 1 N–H and O–H groups in total. The Labute approximate surface area is 102 Å². The number of rotatable bonds is 4. The lowest BCUT2D eigenvalue weighted by Crippen LogP contribution is -3.18. The average molecular weight is 242 g/mol. The summed E-state index contributed by atoms with van der Waals surface area (Å²) in [7, 11) is 0. The van der Waals surface area contributed by atoms with Crippen LogP contribution < -0.4 is 4.90 Å². The van der Waals surface area contributed by atoms with E-state index in [1.165, 1.54) is 11.0 Å². The van der Waals surface area contributed by atoms with E-state index in [2.05, 4.69) is 27.7 Å². The third-order valence-electron chi connectivity index (χ3n) is 3.20. The fraction of sp³-hybridized carbons (Fsp3) is 0.571. The van der Waals surface area contributed by atoms with Crippen molar-refractivity contribution < 1.29 is 13.7 Å². The van der Waals surface area contributed by atoms with Gasteiger partial charge in [-0.05, 0) is 39.3 Å². The second-order valence-corrected chi connectivity index (χ2v) is 5.44. The molecule has 0 bridgehead atoms. The van der Waals surface area contributed by atoms with Gasteiger partial charge in [-0.25, -0.2) is 8.78 Å². The first-order valence-corrected chi connectivity index (χ1v) is 6.13. The van der Waals surface area contributed by atoms with Crippen LogP contribution in [0, 0.1) is 11.6 Å². The van der Waals surface area contributed by atoms with Gasteiger partial charge in [0.15, 0.2) is 0 Å². The van der Waals surface area contributed by atoms with Crippen LogP contribution in [0.15, 0.2) is 18.2 Å². The molecule has 0 aliphatic heterocycles. The van der Waals surface area contributed by atoms with Crippen LogP contribution >= 0.6 is 0 Å². The lowest BCUT2D eigenvalue weighted by atomic mass is 10.0. The van der Waals surface area contributed by atoms with E-state index in [0.717, 1.165) is 19.2 Å².